The molecule has 1 fully saturated rings. The van der Waals surface area contributed by atoms with Crippen LogP contribution in [0, 0.1) is 0 Å². The summed E-state index contributed by atoms with van der Waals surface area (Å²) in [6, 6.07) is 7.64. The van der Waals surface area contributed by atoms with Gasteiger partial charge in [-0.25, -0.2) is 0 Å². The number of amides is 1. The van der Waals surface area contributed by atoms with Crippen molar-refractivity contribution in [3.8, 4) is 5.75 Å². The third-order valence-electron chi connectivity index (χ3n) is 3.59. The quantitative estimate of drug-likeness (QED) is 0.892. The van der Waals surface area contributed by atoms with Crippen molar-refractivity contribution < 1.29 is 13.9 Å². The number of rotatable bonds is 4. The summed E-state index contributed by atoms with van der Waals surface area (Å²) in [5.74, 6) is 1.61. The number of para-hydroxylation sites is 1. The minimum absolute atomic E-state index is 0.0740. The van der Waals surface area contributed by atoms with Crippen LogP contribution in [0.1, 0.15) is 18.6 Å². The molecule has 0 radical (unpaired) electrons. The highest BCUT2D eigenvalue weighted by Gasteiger charge is 2.21. The van der Waals surface area contributed by atoms with Crippen LogP contribution in [-0.2, 0) is 11.3 Å². The van der Waals surface area contributed by atoms with Gasteiger partial charge in [-0.05, 0) is 25.0 Å². The maximum atomic E-state index is 11.7. The summed E-state index contributed by atoms with van der Waals surface area (Å²) in [5.41, 5.74) is 0.750. The predicted octanol–water partition coefficient (Wildman–Crippen LogP) is 1.81. The van der Waals surface area contributed by atoms with E-state index in [0.29, 0.717) is 6.54 Å². The van der Waals surface area contributed by atoms with Crippen molar-refractivity contribution in [1.29, 1.82) is 0 Å². The van der Waals surface area contributed by atoms with Crippen molar-refractivity contribution in [3.05, 3.63) is 30.0 Å². The molecule has 2 aromatic rings. The minimum Gasteiger partial charge on any atom is -0.493 e. The van der Waals surface area contributed by atoms with Crippen LogP contribution in [0.15, 0.2) is 28.7 Å². The Morgan fingerprint density at radius 1 is 1.50 bits per heavy atom. The molecule has 1 aliphatic rings. The summed E-state index contributed by atoms with van der Waals surface area (Å²) in [6.45, 7) is 1.31. The minimum atomic E-state index is -0.126. The van der Waals surface area contributed by atoms with Crippen LogP contribution in [0.2, 0.25) is 0 Å². The van der Waals surface area contributed by atoms with Crippen molar-refractivity contribution in [3.63, 3.8) is 0 Å². The Balaban J connectivity index is 1.73. The molecule has 0 saturated carbocycles. The molecule has 3 rings (SSSR count). The second-order valence-electron chi connectivity index (χ2n) is 4.96. The van der Waals surface area contributed by atoms with E-state index in [-0.39, 0.29) is 11.9 Å². The molecule has 20 heavy (non-hydrogen) atoms. The van der Waals surface area contributed by atoms with E-state index >= 15 is 0 Å². The largest absolute Gasteiger partial charge is 0.493 e. The topological polar surface area (TPSA) is 63.5 Å². The molecule has 1 aliphatic heterocycles. The summed E-state index contributed by atoms with van der Waals surface area (Å²) < 4.78 is 11.1. The molecule has 5 heteroatoms. The number of methoxy groups -OCH3 is 1. The Morgan fingerprint density at radius 2 is 2.40 bits per heavy atom. The molecule has 1 aromatic carbocycles. The molecule has 1 amide bonds. The Morgan fingerprint density at radius 3 is 3.20 bits per heavy atom. The number of hydrogen-bond acceptors (Lipinski definition) is 4. The normalized spacial score (nSPS) is 19.1. The molecule has 1 aromatic heterocycles. The predicted molar refractivity (Wildman–Crippen MR) is 75.6 cm³/mol. The van der Waals surface area contributed by atoms with Gasteiger partial charge in [0.05, 0.1) is 19.7 Å². The first kappa shape index (κ1) is 13.0. The van der Waals surface area contributed by atoms with Gasteiger partial charge in [0, 0.05) is 11.9 Å². The van der Waals surface area contributed by atoms with E-state index in [1.54, 1.807) is 7.11 Å². The van der Waals surface area contributed by atoms with Gasteiger partial charge in [-0.15, -0.1) is 0 Å². The van der Waals surface area contributed by atoms with Crippen LogP contribution in [0.3, 0.4) is 0 Å². The third-order valence-corrected chi connectivity index (χ3v) is 3.59. The molecule has 5 nitrogen and oxygen atoms in total. The lowest BCUT2D eigenvalue weighted by molar-refractivity contribution is -0.124. The fourth-order valence-corrected chi connectivity index (χ4v) is 2.53. The molecule has 0 spiro atoms. The summed E-state index contributed by atoms with van der Waals surface area (Å²) in [7, 11) is 1.63. The molecule has 2 heterocycles. The summed E-state index contributed by atoms with van der Waals surface area (Å²) >= 11 is 0. The second kappa shape index (κ2) is 5.54. The summed E-state index contributed by atoms with van der Waals surface area (Å²) in [6.07, 6.45) is 1.88. The van der Waals surface area contributed by atoms with Crippen LogP contribution in [-0.4, -0.2) is 25.6 Å². The number of carbonyl (C=O) groups is 1. The zero-order valence-corrected chi connectivity index (χ0v) is 11.4. The van der Waals surface area contributed by atoms with Gasteiger partial charge in [-0.1, -0.05) is 12.1 Å². The van der Waals surface area contributed by atoms with Crippen LogP contribution < -0.4 is 15.4 Å². The van der Waals surface area contributed by atoms with Crippen molar-refractivity contribution in [2.75, 3.05) is 13.7 Å². The van der Waals surface area contributed by atoms with E-state index in [0.717, 1.165) is 41.9 Å². The molecule has 1 atom stereocenters. The molecule has 0 aliphatic carbocycles. The number of benzene rings is 1. The van der Waals surface area contributed by atoms with Gasteiger partial charge in [-0.2, -0.15) is 0 Å². The fourth-order valence-electron chi connectivity index (χ4n) is 2.53. The van der Waals surface area contributed by atoms with Gasteiger partial charge in [0.2, 0.25) is 5.91 Å². The second-order valence-corrected chi connectivity index (χ2v) is 4.96. The van der Waals surface area contributed by atoms with E-state index in [4.69, 9.17) is 9.15 Å². The Hall–Kier alpha value is -2.01. The maximum absolute atomic E-state index is 11.7. The number of ether oxygens (including phenoxy) is 1. The Labute approximate surface area is 117 Å². The first-order valence-corrected chi connectivity index (χ1v) is 6.84. The SMILES string of the molecule is COc1cccc2cc(CNC3CCCNC3=O)oc12. The maximum Gasteiger partial charge on any atom is 0.237 e. The van der Waals surface area contributed by atoms with Crippen molar-refractivity contribution >= 4 is 16.9 Å². The van der Waals surface area contributed by atoms with Gasteiger partial charge < -0.3 is 14.5 Å². The van der Waals surface area contributed by atoms with E-state index in [9.17, 15) is 4.79 Å². The zero-order chi connectivity index (χ0) is 13.9. The molecule has 1 unspecified atom stereocenters. The molecular formula is C15H18N2O3. The van der Waals surface area contributed by atoms with E-state index < -0.39 is 0 Å². The van der Waals surface area contributed by atoms with Crippen molar-refractivity contribution in [2.24, 2.45) is 0 Å². The van der Waals surface area contributed by atoms with E-state index in [1.807, 2.05) is 24.3 Å². The highest BCUT2D eigenvalue weighted by Crippen LogP contribution is 2.28. The smallest absolute Gasteiger partial charge is 0.237 e. The molecule has 2 N–H and O–H groups in total. The van der Waals surface area contributed by atoms with Crippen LogP contribution >= 0.6 is 0 Å². The van der Waals surface area contributed by atoms with Crippen molar-refractivity contribution in [2.45, 2.75) is 25.4 Å². The average Bonchev–Trinajstić information content (AvgIpc) is 2.89. The zero-order valence-electron chi connectivity index (χ0n) is 11.4. The highest BCUT2D eigenvalue weighted by molar-refractivity contribution is 5.84. The summed E-state index contributed by atoms with van der Waals surface area (Å²) in [5, 5.41) is 7.11. The monoisotopic (exact) mass is 274 g/mol. The first-order chi connectivity index (χ1) is 9.78. The third kappa shape index (κ3) is 2.49. The molecule has 106 valence electrons. The van der Waals surface area contributed by atoms with Gasteiger partial charge in [0.1, 0.15) is 5.76 Å². The average molecular weight is 274 g/mol. The molecule has 1 saturated heterocycles. The van der Waals surface area contributed by atoms with E-state index in [1.165, 1.54) is 0 Å². The fraction of sp³-hybridized carbons (Fsp3) is 0.400. The molecular weight excluding hydrogens is 256 g/mol. The highest BCUT2D eigenvalue weighted by atomic mass is 16.5. The van der Waals surface area contributed by atoms with Crippen LogP contribution in [0.25, 0.3) is 11.0 Å². The number of fused-ring (bicyclic) bond motifs is 1. The number of hydrogen-bond donors (Lipinski definition) is 2. The first-order valence-electron chi connectivity index (χ1n) is 6.84. The van der Waals surface area contributed by atoms with Crippen LogP contribution in [0.4, 0.5) is 0 Å². The van der Waals surface area contributed by atoms with Gasteiger partial charge in [-0.3, -0.25) is 10.1 Å². The summed E-state index contributed by atoms with van der Waals surface area (Å²) in [4.78, 5) is 11.7. The van der Waals surface area contributed by atoms with Gasteiger partial charge in [0.15, 0.2) is 11.3 Å². The van der Waals surface area contributed by atoms with Gasteiger partial charge >= 0.3 is 0 Å². The lowest BCUT2D eigenvalue weighted by Gasteiger charge is -2.22. The lowest BCUT2D eigenvalue weighted by Crippen LogP contribution is -2.47. The Kier molecular flexibility index (Phi) is 3.60. The van der Waals surface area contributed by atoms with E-state index in [2.05, 4.69) is 10.6 Å². The number of carbonyl (C=O) groups excluding carboxylic acids is 1. The van der Waals surface area contributed by atoms with Gasteiger partial charge in [0.25, 0.3) is 0 Å². The standard InChI is InChI=1S/C15H18N2O3/c1-19-13-6-2-4-10-8-11(20-14(10)13)9-17-12-5-3-7-16-15(12)18/h2,4,6,8,12,17H,3,5,7,9H2,1H3,(H,16,18). The van der Waals surface area contributed by atoms with Crippen molar-refractivity contribution in [1.82, 2.24) is 10.6 Å². The lowest BCUT2D eigenvalue weighted by atomic mass is 10.1. The number of piperidine rings is 1. The van der Waals surface area contributed by atoms with Crippen LogP contribution in [0.5, 0.6) is 5.75 Å². The molecule has 0 bridgehead atoms. The number of furan rings is 1. The number of nitrogens with one attached hydrogen (secondary N) is 2. The Bertz CT molecular complexity index is 621.